The Morgan fingerprint density at radius 2 is 2.18 bits per heavy atom. The maximum Gasteiger partial charge on any atom is 0.226 e. The summed E-state index contributed by atoms with van der Waals surface area (Å²) in [6, 6.07) is 12.3. The minimum atomic E-state index is 0.0370. The van der Waals surface area contributed by atoms with Gasteiger partial charge in [-0.3, -0.25) is 4.79 Å². The topological polar surface area (TPSA) is 54.5 Å². The number of nitrogens with zero attached hydrogens (tertiary/aromatic N) is 2. The standard InChI is InChI=1S/C21H23N3O2S2/c1-26-18-8-3-2-7-17(18)24-10-4-6-15(13-24)22-20(25)12-16-14-28-21(23-16)19-9-5-11-27-19/h2-3,5,7-9,11,14-15H,4,6,10,12-13H2,1H3,(H,22,25). The first kappa shape index (κ1) is 19.0. The highest BCUT2D eigenvalue weighted by atomic mass is 32.1. The molecule has 1 unspecified atom stereocenters. The van der Waals surface area contributed by atoms with E-state index in [0.29, 0.717) is 6.42 Å². The van der Waals surface area contributed by atoms with Gasteiger partial charge < -0.3 is 15.0 Å². The summed E-state index contributed by atoms with van der Waals surface area (Å²) >= 11 is 3.26. The second kappa shape index (κ2) is 8.75. The molecule has 0 saturated carbocycles. The van der Waals surface area contributed by atoms with Gasteiger partial charge in [0.25, 0.3) is 0 Å². The summed E-state index contributed by atoms with van der Waals surface area (Å²) < 4.78 is 5.49. The predicted octanol–water partition coefficient (Wildman–Crippen LogP) is 4.21. The minimum Gasteiger partial charge on any atom is -0.495 e. The first-order valence-electron chi connectivity index (χ1n) is 9.38. The van der Waals surface area contributed by atoms with Gasteiger partial charge in [0.1, 0.15) is 10.8 Å². The zero-order chi connectivity index (χ0) is 19.3. The smallest absolute Gasteiger partial charge is 0.226 e. The summed E-state index contributed by atoms with van der Waals surface area (Å²) in [5.41, 5.74) is 1.92. The average Bonchev–Trinajstić information content (AvgIpc) is 3.40. The van der Waals surface area contributed by atoms with Gasteiger partial charge in [0, 0.05) is 24.5 Å². The van der Waals surface area contributed by atoms with E-state index in [1.165, 1.54) is 0 Å². The minimum absolute atomic E-state index is 0.0370. The Bertz CT molecular complexity index is 923. The average molecular weight is 414 g/mol. The van der Waals surface area contributed by atoms with Gasteiger partial charge in [-0.2, -0.15) is 0 Å². The molecule has 5 nitrogen and oxygen atoms in total. The molecular formula is C21H23N3O2S2. The van der Waals surface area contributed by atoms with Crippen LogP contribution in [-0.2, 0) is 11.2 Å². The summed E-state index contributed by atoms with van der Waals surface area (Å²) in [7, 11) is 1.69. The van der Waals surface area contributed by atoms with E-state index in [4.69, 9.17) is 4.74 Å². The van der Waals surface area contributed by atoms with Crippen molar-refractivity contribution < 1.29 is 9.53 Å². The molecule has 1 aromatic carbocycles. The number of para-hydroxylation sites is 2. The fourth-order valence-corrected chi connectivity index (χ4v) is 5.18. The number of carbonyl (C=O) groups is 1. The number of hydrogen-bond acceptors (Lipinski definition) is 6. The van der Waals surface area contributed by atoms with E-state index in [2.05, 4.69) is 27.3 Å². The van der Waals surface area contributed by atoms with Crippen molar-refractivity contribution in [3.05, 3.63) is 52.9 Å². The number of nitrogens with one attached hydrogen (secondary N) is 1. The van der Waals surface area contributed by atoms with E-state index >= 15 is 0 Å². The van der Waals surface area contributed by atoms with Crippen molar-refractivity contribution in [3.8, 4) is 15.6 Å². The molecule has 0 aliphatic carbocycles. The molecule has 0 spiro atoms. The van der Waals surface area contributed by atoms with Crippen LogP contribution in [0.1, 0.15) is 18.5 Å². The van der Waals surface area contributed by atoms with E-state index in [9.17, 15) is 4.79 Å². The Morgan fingerprint density at radius 1 is 1.29 bits per heavy atom. The van der Waals surface area contributed by atoms with Crippen LogP contribution in [0.15, 0.2) is 47.2 Å². The number of ether oxygens (including phenoxy) is 1. The van der Waals surface area contributed by atoms with Crippen molar-refractivity contribution in [3.63, 3.8) is 0 Å². The summed E-state index contributed by atoms with van der Waals surface area (Å²) in [6.45, 7) is 1.77. The Labute approximate surface area is 173 Å². The molecule has 3 heterocycles. The molecular weight excluding hydrogens is 390 g/mol. The number of piperidine rings is 1. The Morgan fingerprint density at radius 3 is 3.00 bits per heavy atom. The molecule has 0 radical (unpaired) electrons. The summed E-state index contributed by atoms with van der Waals surface area (Å²) in [5.74, 6) is 0.910. The first-order valence-corrected chi connectivity index (χ1v) is 11.1. The lowest BCUT2D eigenvalue weighted by molar-refractivity contribution is -0.121. The number of aromatic nitrogens is 1. The highest BCUT2D eigenvalue weighted by molar-refractivity contribution is 7.20. The summed E-state index contributed by atoms with van der Waals surface area (Å²) in [6.07, 6.45) is 2.37. The molecule has 1 aliphatic rings. The van der Waals surface area contributed by atoms with Crippen LogP contribution in [0.25, 0.3) is 9.88 Å². The second-order valence-corrected chi connectivity index (χ2v) is 8.63. The van der Waals surface area contributed by atoms with Crippen LogP contribution in [0.3, 0.4) is 0 Å². The number of thiophene rings is 1. The SMILES string of the molecule is COc1ccccc1N1CCCC(NC(=O)Cc2csc(-c3cccs3)n2)C1. The Kier molecular flexibility index (Phi) is 5.92. The molecule has 2 aromatic heterocycles. The van der Waals surface area contributed by atoms with Crippen molar-refractivity contribution in [1.82, 2.24) is 10.3 Å². The summed E-state index contributed by atoms with van der Waals surface area (Å²) in [4.78, 5) is 20.6. The van der Waals surface area contributed by atoms with Gasteiger partial charge in [-0.1, -0.05) is 18.2 Å². The lowest BCUT2D eigenvalue weighted by Crippen LogP contribution is -2.48. The predicted molar refractivity (Wildman–Crippen MR) is 116 cm³/mol. The molecule has 0 bridgehead atoms. The molecule has 7 heteroatoms. The first-order chi connectivity index (χ1) is 13.7. The normalized spacial score (nSPS) is 16.8. The fourth-order valence-electron chi connectivity index (χ4n) is 3.55. The van der Waals surface area contributed by atoms with E-state index in [1.807, 2.05) is 35.0 Å². The van der Waals surface area contributed by atoms with Crippen LogP contribution in [0.5, 0.6) is 5.75 Å². The maximum absolute atomic E-state index is 12.6. The third-order valence-electron chi connectivity index (χ3n) is 4.84. The van der Waals surface area contributed by atoms with Gasteiger partial charge >= 0.3 is 0 Å². The van der Waals surface area contributed by atoms with E-state index in [1.54, 1.807) is 29.8 Å². The molecule has 146 valence electrons. The van der Waals surface area contributed by atoms with Crippen LogP contribution in [0.4, 0.5) is 5.69 Å². The van der Waals surface area contributed by atoms with Gasteiger partial charge in [-0.15, -0.1) is 22.7 Å². The van der Waals surface area contributed by atoms with Gasteiger partial charge in [0.05, 0.1) is 29.8 Å². The molecule has 1 amide bonds. The molecule has 1 atom stereocenters. The quantitative estimate of drug-likeness (QED) is 0.658. The molecule has 1 aliphatic heterocycles. The number of benzene rings is 1. The van der Waals surface area contributed by atoms with Crippen molar-refractivity contribution in [2.45, 2.75) is 25.3 Å². The molecule has 1 saturated heterocycles. The number of carbonyl (C=O) groups excluding carboxylic acids is 1. The lowest BCUT2D eigenvalue weighted by Gasteiger charge is -2.35. The number of rotatable bonds is 6. The van der Waals surface area contributed by atoms with Gasteiger partial charge in [-0.25, -0.2) is 4.98 Å². The van der Waals surface area contributed by atoms with E-state index < -0.39 is 0 Å². The molecule has 1 fully saturated rings. The molecule has 4 rings (SSSR count). The molecule has 3 aromatic rings. The number of amides is 1. The number of hydrogen-bond donors (Lipinski definition) is 1. The van der Waals surface area contributed by atoms with Crippen LogP contribution >= 0.6 is 22.7 Å². The zero-order valence-corrected chi connectivity index (χ0v) is 17.4. The van der Waals surface area contributed by atoms with Gasteiger partial charge in [0.15, 0.2) is 0 Å². The van der Waals surface area contributed by atoms with Crippen molar-refractivity contribution >= 4 is 34.3 Å². The van der Waals surface area contributed by atoms with Crippen molar-refractivity contribution in [2.24, 2.45) is 0 Å². The number of anilines is 1. The van der Waals surface area contributed by atoms with Crippen molar-refractivity contribution in [1.29, 1.82) is 0 Å². The van der Waals surface area contributed by atoms with Gasteiger partial charge in [-0.05, 0) is 36.4 Å². The Hall–Kier alpha value is -2.38. The van der Waals surface area contributed by atoms with Gasteiger partial charge in [0.2, 0.25) is 5.91 Å². The summed E-state index contributed by atoms with van der Waals surface area (Å²) in [5, 5.41) is 8.20. The monoisotopic (exact) mass is 413 g/mol. The van der Waals surface area contributed by atoms with Crippen LogP contribution in [0, 0.1) is 0 Å². The number of thiazole rings is 1. The van der Waals surface area contributed by atoms with Crippen molar-refractivity contribution in [2.75, 3.05) is 25.1 Å². The zero-order valence-electron chi connectivity index (χ0n) is 15.8. The molecule has 28 heavy (non-hydrogen) atoms. The maximum atomic E-state index is 12.6. The number of methoxy groups -OCH3 is 1. The van der Waals surface area contributed by atoms with Crippen LogP contribution in [-0.4, -0.2) is 37.1 Å². The third kappa shape index (κ3) is 4.36. The van der Waals surface area contributed by atoms with Crippen LogP contribution < -0.4 is 15.0 Å². The Balaban J connectivity index is 1.35. The molecule has 1 N–H and O–H groups in total. The lowest BCUT2D eigenvalue weighted by atomic mass is 10.0. The fraction of sp³-hybridized carbons (Fsp3) is 0.333. The highest BCUT2D eigenvalue weighted by Crippen LogP contribution is 2.30. The van der Waals surface area contributed by atoms with E-state index in [0.717, 1.165) is 52.9 Å². The second-order valence-electron chi connectivity index (χ2n) is 6.82. The largest absolute Gasteiger partial charge is 0.495 e. The van der Waals surface area contributed by atoms with E-state index in [-0.39, 0.29) is 11.9 Å². The third-order valence-corrected chi connectivity index (χ3v) is 6.77. The highest BCUT2D eigenvalue weighted by Gasteiger charge is 2.23. The van der Waals surface area contributed by atoms with Crippen LogP contribution in [0.2, 0.25) is 0 Å².